The van der Waals surface area contributed by atoms with Gasteiger partial charge < -0.3 is 9.84 Å². The molecule has 0 aromatic rings. The Bertz CT molecular complexity index is 142. The van der Waals surface area contributed by atoms with Crippen molar-refractivity contribution in [2.75, 3.05) is 6.61 Å². The second-order valence-corrected chi connectivity index (χ2v) is 2.27. The lowest BCUT2D eigenvalue weighted by Crippen LogP contribution is -2.32. The topological polar surface area (TPSA) is 46.5 Å². The van der Waals surface area contributed by atoms with Crippen molar-refractivity contribution in [3.05, 3.63) is 12.7 Å². The lowest BCUT2D eigenvalue weighted by molar-refractivity contribution is -0.153. The summed E-state index contributed by atoms with van der Waals surface area (Å²) in [5, 5.41) is 8.69. The third-order valence-corrected chi connectivity index (χ3v) is 1.12. The van der Waals surface area contributed by atoms with E-state index in [9.17, 15) is 4.79 Å². The van der Waals surface area contributed by atoms with Crippen LogP contribution in [0.5, 0.6) is 0 Å². The number of esters is 1. The van der Waals surface area contributed by atoms with Gasteiger partial charge in [0.15, 0.2) is 0 Å². The van der Waals surface area contributed by atoms with Crippen molar-refractivity contribution in [3.8, 4) is 0 Å². The van der Waals surface area contributed by atoms with E-state index in [1.165, 1.54) is 13.0 Å². The van der Waals surface area contributed by atoms with Crippen molar-refractivity contribution in [3.63, 3.8) is 0 Å². The van der Waals surface area contributed by atoms with Gasteiger partial charge in [0.2, 0.25) is 0 Å². The fourth-order valence-electron chi connectivity index (χ4n) is 0.467. The maximum Gasteiger partial charge on any atom is 0.303 e. The molecule has 0 saturated carbocycles. The van der Waals surface area contributed by atoms with Gasteiger partial charge in [0.25, 0.3) is 0 Å². The van der Waals surface area contributed by atoms with Crippen LogP contribution in [0.25, 0.3) is 0 Å². The quantitative estimate of drug-likeness (QED) is 0.463. The van der Waals surface area contributed by atoms with E-state index in [1.54, 1.807) is 6.92 Å². The van der Waals surface area contributed by atoms with Crippen LogP contribution < -0.4 is 0 Å². The van der Waals surface area contributed by atoms with E-state index in [1.807, 2.05) is 0 Å². The SMILES string of the molecule is C=CC(C)(CO)OC(C)=O. The number of aliphatic hydroxyl groups excluding tert-OH is 1. The molecule has 0 aromatic carbocycles. The highest BCUT2D eigenvalue weighted by Crippen LogP contribution is 2.09. The first-order valence-corrected chi connectivity index (χ1v) is 2.98. The van der Waals surface area contributed by atoms with Crippen LogP contribution in [0, 0.1) is 0 Å². The van der Waals surface area contributed by atoms with Gasteiger partial charge >= 0.3 is 5.97 Å². The first-order chi connectivity index (χ1) is 4.54. The standard InChI is InChI=1S/C7H12O3/c1-4-7(3,5-8)10-6(2)9/h4,8H,1,5H2,2-3H3. The summed E-state index contributed by atoms with van der Waals surface area (Å²) in [6, 6.07) is 0. The van der Waals surface area contributed by atoms with Gasteiger partial charge in [-0.3, -0.25) is 4.79 Å². The van der Waals surface area contributed by atoms with Crippen molar-refractivity contribution in [1.29, 1.82) is 0 Å². The number of hydrogen-bond donors (Lipinski definition) is 1. The van der Waals surface area contributed by atoms with E-state index in [0.29, 0.717) is 0 Å². The van der Waals surface area contributed by atoms with Crippen molar-refractivity contribution in [1.82, 2.24) is 0 Å². The molecule has 10 heavy (non-hydrogen) atoms. The monoisotopic (exact) mass is 144 g/mol. The summed E-state index contributed by atoms with van der Waals surface area (Å²) >= 11 is 0. The maximum absolute atomic E-state index is 10.4. The van der Waals surface area contributed by atoms with Crippen LogP contribution >= 0.6 is 0 Å². The molecule has 0 saturated heterocycles. The molecule has 0 aliphatic rings. The zero-order chi connectivity index (χ0) is 8.20. The number of aliphatic hydroxyl groups is 1. The molecular weight excluding hydrogens is 132 g/mol. The molecule has 0 rings (SSSR count). The smallest absolute Gasteiger partial charge is 0.303 e. The van der Waals surface area contributed by atoms with Gasteiger partial charge in [-0.1, -0.05) is 6.58 Å². The zero-order valence-electron chi connectivity index (χ0n) is 6.26. The Kier molecular flexibility index (Phi) is 3.09. The van der Waals surface area contributed by atoms with Crippen LogP contribution in [-0.4, -0.2) is 23.3 Å². The van der Waals surface area contributed by atoms with E-state index >= 15 is 0 Å². The number of hydrogen-bond acceptors (Lipinski definition) is 3. The van der Waals surface area contributed by atoms with E-state index in [-0.39, 0.29) is 6.61 Å². The molecule has 3 heteroatoms. The van der Waals surface area contributed by atoms with Crippen molar-refractivity contribution in [2.45, 2.75) is 19.4 Å². The largest absolute Gasteiger partial charge is 0.453 e. The minimum Gasteiger partial charge on any atom is -0.453 e. The first-order valence-electron chi connectivity index (χ1n) is 2.98. The fourth-order valence-corrected chi connectivity index (χ4v) is 0.467. The molecule has 0 aliphatic heterocycles. The summed E-state index contributed by atoms with van der Waals surface area (Å²) in [6.07, 6.45) is 1.40. The third-order valence-electron chi connectivity index (χ3n) is 1.12. The van der Waals surface area contributed by atoms with Gasteiger partial charge in [-0.05, 0) is 13.0 Å². The lowest BCUT2D eigenvalue weighted by Gasteiger charge is -2.21. The molecule has 58 valence electrons. The van der Waals surface area contributed by atoms with Crippen molar-refractivity contribution >= 4 is 5.97 Å². The maximum atomic E-state index is 10.4. The predicted molar refractivity (Wildman–Crippen MR) is 37.5 cm³/mol. The lowest BCUT2D eigenvalue weighted by atomic mass is 10.1. The van der Waals surface area contributed by atoms with E-state index in [0.717, 1.165) is 0 Å². The average molecular weight is 144 g/mol. The molecule has 1 N–H and O–H groups in total. The Morgan fingerprint density at radius 2 is 2.40 bits per heavy atom. The average Bonchev–Trinajstić information content (AvgIpc) is 1.87. The van der Waals surface area contributed by atoms with Gasteiger partial charge in [0.05, 0.1) is 6.61 Å². The van der Waals surface area contributed by atoms with Gasteiger partial charge in [-0.15, -0.1) is 0 Å². The second kappa shape index (κ2) is 3.37. The second-order valence-electron chi connectivity index (χ2n) is 2.27. The Morgan fingerprint density at radius 3 is 2.50 bits per heavy atom. The molecule has 0 aliphatic carbocycles. The zero-order valence-corrected chi connectivity index (χ0v) is 6.26. The van der Waals surface area contributed by atoms with Crippen molar-refractivity contribution in [2.24, 2.45) is 0 Å². The fraction of sp³-hybridized carbons (Fsp3) is 0.571. The molecule has 0 aromatic heterocycles. The van der Waals surface area contributed by atoms with Gasteiger partial charge in [-0.2, -0.15) is 0 Å². The van der Waals surface area contributed by atoms with E-state index < -0.39 is 11.6 Å². The highest BCUT2D eigenvalue weighted by Gasteiger charge is 2.21. The molecular formula is C7H12O3. The molecule has 0 amide bonds. The summed E-state index contributed by atoms with van der Waals surface area (Å²) < 4.78 is 4.73. The molecule has 1 atom stereocenters. The molecule has 0 radical (unpaired) electrons. The summed E-state index contributed by atoms with van der Waals surface area (Å²) in [5.41, 5.74) is -0.925. The third kappa shape index (κ3) is 2.64. The first kappa shape index (κ1) is 9.17. The number of ether oxygens (including phenoxy) is 1. The van der Waals surface area contributed by atoms with Gasteiger partial charge in [-0.25, -0.2) is 0 Å². The number of carbonyl (C=O) groups is 1. The molecule has 3 nitrogen and oxygen atoms in total. The Balaban J connectivity index is 4.05. The molecule has 0 fully saturated rings. The van der Waals surface area contributed by atoms with E-state index in [4.69, 9.17) is 9.84 Å². The minimum absolute atomic E-state index is 0.240. The van der Waals surface area contributed by atoms with Crippen LogP contribution in [0.1, 0.15) is 13.8 Å². The number of rotatable bonds is 3. The molecule has 0 bridgehead atoms. The summed E-state index contributed by atoms with van der Waals surface area (Å²) in [6.45, 7) is 6.05. The summed E-state index contributed by atoms with van der Waals surface area (Å²) in [5.74, 6) is -0.420. The van der Waals surface area contributed by atoms with Crippen LogP contribution in [0.2, 0.25) is 0 Å². The van der Waals surface area contributed by atoms with E-state index in [2.05, 4.69) is 6.58 Å². The van der Waals surface area contributed by atoms with Gasteiger partial charge in [0.1, 0.15) is 5.60 Å². The highest BCUT2D eigenvalue weighted by atomic mass is 16.6. The predicted octanol–water partition coefficient (Wildman–Crippen LogP) is 0.486. The molecule has 1 unspecified atom stereocenters. The highest BCUT2D eigenvalue weighted by molar-refractivity contribution is 5.66. The van der Waals surface area contributed by atoms with Crippen molar-refractivity contribution < 1.29 is 14.6 Å². The molecule has 0 spiro atoms. The normalized spacial score (nSPS) is 15.5. The van der Waals surface area contributed by atoms with Crippen LogP contribution in [0.4, 0.5) is 0 Å². The molecule has 0 heterocycles. The van der Waals surface area contributed by atoms with Crippen LogP contribution in [0.15, 0.2) is 12.7 Å². The van der Waals surface area contributed by atoms with Crippen LogP contribution in [-0.2, 0) is 9.53 Å². The number of carbonyl (C=O) groups excluding carboxylic acids is 1. The Morgan fingerprint density at radius 1 is 1.90 bits per heavy atom. The van der Waals surface area contributed by atoms with Gasteiger partial charge in [0, 0.05) is 6.92 Å². The van der Waals surface area contributed by atoms with Crippen LogP contribution in [0.3, 0.4) is 0 Å². The summed E-state index contributed by atoms with van der Waals surface area (Å²) in [4.78, 5) is 10.4. The minimum atomic E-state index is -0.925. The Hall–Kier alpha value is -0.830. The summed E-state index contributed by atoms with van der Waals surface area (Å²) in [7, 11) is 0. The Labute approximate surface area is 60.3 Å².